The lowest BCUT2D eigenvalue weighted by Gasteiger charge is -2.20. The molecule has 0 aliphatic rings. The summed E-state index contributed by atoms with van der Waals surface area (Å²) in [5, 5.41) is 0. The van der Waals surface area contributed by atoms with E-state index >= 15 is 0 Å². The van der Waals surface area contributed by atoms with Crippen molar-refractivity contribution in [2.24, 2.45) is 5.73 Å². The molecule has 0 aliphatic heterocycles. The summed E-state index contributed by atoms with van der Waals surface area (Å²) in [5.74, 6) is 0.628. The molecule has 0 fully saturated rings. The number of hydrogen-bond donors (Lipinski definition) is 1. The summed E-state index contributed by atoms with van der Waals surface area (Å²) in [7, 11) is 1.88. The van der Waals surface area contributed by atoms with E-state index in [0.717, 1.165) is 24.3 Å². The van der Waals surface area contributed by atoms with Crippen LogP contribution < -0.4 is 15.4 Å². The molecule has 112 valence electrons. The second-order valence-electron chi connectivity index (χ2n) is 4.89. The number of halogens is 1. The third-order valence-corrected chi connectivity index (χ3v) is 3.35. The first-order valence-corrected chi connectivity index (χ1v) is 7.09. The van der Waals surface area contributed by atoms with E-state index < -0.39 is 0 Å². The lowest BCUT2D eigenvalue weighted by atomic mass is 10.2. The fourth-order valence-corrected chi connectivity index (χ4v) is 2.18. The third kappa shape index (κ3) is 4.20. The Bertz CT molecular complexity index is 574. The molecule has 4 heteroatoms. The van der Waals surface area contributed by atoms with E-state index in [9.17, 15) is 4.39 Å². The predicted molar refractivity (Wildman–Crippen MR) is 84.1 cm³/mol. The second-order valence-corrected chi connectivity index (χ2v) is 4.89. The Morgan fingerprint density at radius 2 is 1.81 bits per heavy atom. The monoisotopic (exact) mass is 288 g/mol. The Morgan fingerprint density at radius 3 is 2.57 bits per heavy atom. The van der Waals surface area contributed by atoms with Gasteiger partial charge in [0.2, 0.25) is 0 Å². The first-order chi connectivity index (χ1) is 10.2. The van der Waals surface area contributed by atoms with Gasteiger partial charge in [0, 0.05) is 25.7 Å². The maximum atomic E-state index is 13.6. The van der Waals surface area contributed by atoms with Crippen LogP contribution in [-0.2, 0) is 6.54 Å². The molecule has 21 heavy (non-hydrogen) atoms. The molecule has 0 spiro atoms. The van der Waals surface area contributed by atoms with Crippen LogP contribution in [0.25, 0.3) is 0 Å². The van der Waals surface area contributed by atoms with E-state index in [1.165, 1.54) is 6.07 Å². The molecule has 2 rings (SSSR count). The van der Waals surface area contributed by atoms with Gasteiger partial charge in [-0.25, -0.2) is 4.39 Å². The van der Waals surface area contributed by atoms with Crippen LogP contribution in [0.15, 0.2) is 48.5 Å². The number of para-hydroxylation sites is 2. The van der Waals surface area contributed by atoms with Gasteiger partial charge in [0.25, 0.3) is 0 Å². The minimum Gasteiger partial charge on any atom is -0.493 e. The first-order valence-electron chi connectivity index (χ1n) is 7.09. The van der Waals surface area contributed by atoms with Gasteiger partial charge < -0.3 is 15.4 Å². The molecule has 0 atom stereocenters. The number of ether oxygens (including phenoxy) is 1. The summed E-state index contributed by atoms with van der Waals surface area (Å²) < 4.78 is 19.4. The maximum absolute atomic E-state index is 13.6. The molecule has 2 aromatic rings. The van der Waals surface area contributed by atoms with Gasteiger partial charge in [-0.1, -0.05) is 30.3 Å². The summed E-state index contributed by atoms with van der Waals surface area (Å²) >= 11 is 0. The number of anilines is 1. The molecule has 0 aromatic heterocycles. The summed E-state index contributed by atoms with van der Waals surface area (Å²) in [6, 6.07) is 14.5. The van der Waals surface area contributed by atoms with E-state index in [0.29, 0.717) is 18.8 Å². The largest absolute Gasteiger partial charge is 0.493 e. The number of rotatable bonds is 7. The van der Waals surface area contributed by atoms with Crippen LogP contribution in [0.5, 0.6) is 5.75 Å². The highest BCUT2D eigenvalue weighted by Crippen LogP contribution is 2.19. The highest BCUT2D eigenvalue weighted by Gasteiger charge is 2.06. The molecule has 0 heterocycles. The normalized spacial score (nSPS) is 10.4. The smallest absolute Gasteiger partial charge is 0.146 e. The van der Waals surface area contributed by atoms with Crippen LogP contribution in [0.2, 0.25) is 0 Å². The molecule has 0 radical (unpaired) electrons. The van der Waals surface area contributed by atoms with Crippen molar-refractivity contribution in [1.29, 1.82) is 0 Å². The van der Waals surface area contributed by atoms with E-state index in [4.69, 9.17) is 10.5 Å². The van der Waals surface area contributed by atoms with Crippen molar-refractivity contribution in [2.75, 3.05) is 25.1 Å². The van der Waals surface area contributed by atoms with Crippen LogP contribution >= 0.6 is 0 Å². The first kappa shape index (κ1) is 15.3. The molecule has 0 saturated heterocycles. The van der Waals surface area contributed by atoms with E-state index in [1.54, 1.807) is 12.1 Å². The number of hydrogen-bond acceptors (Lipinski definition) is 3. The number of nitrogens with two attached hydrogens (primary N) is 1. The summed E-state index contributed by atoms with van der Waals surface area (Å²) in [6.07, 6.45) is 0.809. The van der Waals surface area contributed by atoms with Crippen LogP contribution in [0.1, 0.15) is 12.0 Å². The van der Waals surface area contributed by atoms with Crippen molar-refractivity contribution in [2.45, 2.75) is 13.0 Å². The van der Waals surface area contributed by atoms with Crippen molar-refractivity contribution < 1.29 is 9.13 Å². The highest BCUT2D eigenvalue weighted by molar-refractivity contribution is 5.46. The zero-order valence-corrected chi connectivity index (χ0v) is 12.3. The Kier molecular flexibility index (Phi) is 5.58. The molecule has 0 amide bonds. The zero-order chi connectivity index (χ0) is 15.1. The summed E-state index contributed by atoms with van der Waals surface area (Å²) in [4.78, 5) is 1.90. The summed E-state index contributed by atoms with van der Waals surface area (Å²) in [5.41, 5.74) is 7.28. The van der Waals surface area contributed by atoms with Gasteiger partial charge in [-0.15, -0.1) is 0 Å². The van der Waals surface area contributed by atoms with Crippen molar-refractivity contribution in [3.63, 3.8) is 0 Å². The van der Waals surface area contributed by atoms with Gasteiger partial charge in [-0.2, -0.15) is 0 Å². The molecule has 2 aromatic carbocycles. The highest BCUT2D eigenvalue weighted by atomic mass is 19.1. The molecule has 0 unspecified atom stereocenters. The summed E-state index contributed by atoms with van der Waals surface area (Å²) in [6.45, 7) is 1.77. The average Bonchev–Trinajstić information content (AvgIpc) is 2.52. The quantitative estimate of drug-likeness (QED) is 0.795. The van der Waals surface area contributed by atoms with Crippen molar-refractivity contribution in [3.8, 4) is 5.75 Å². The number of benzene rings is 2. The second kappa shape index (κ2) is 7.64. The Hall–Kier alpha value is -2.07. The predicted octanol–water partition coefficient (Wildman–Crippen LogP) is 3.19. The minimum atomic E-state index is -0.200. The Morgan fingerprint density at radius 1 is 1.10 bits per heavy atom. The lowest BCUT2D eigenvalue weighted by molar-refractivity contribution is 0.309. The molecule has 3 nitrogen and oxygen atoms in total. The van der Waals surface area contributed by atoms with Crippen molar-refractivity contribution in [1.82, 2.24) is 0 Å². The van der Waals surface area contributed by atoms with E-state index in [-0.39, 0.29) is 5.82 Å². The SMILES string of the molecule is CN(CCCOc1ccccc1CN)c1ccccc1F. The van der Waals surface area contributed by atoms with E-state index in [1.807, 2.05) is 42.3 Å². The molecule has 0 aliphatic carbocycles. The fourth-order valence-electron chi connectivity index (χ4n) is 2.18. The Balaban J connectivity index is 1.81. The molecule has 0 bridgehead atoms. The molecular weight excluding hydrogens is 267 g/mol. The van der Waals surface area contributed by atoms with Gasteiger partial charge in [0.05, 0.1) is 12.3 Å². The van der Waals surface area contributed by atoms with Gasteiger partial charge in [-0.3, -0.25) is 0 Å². The number of nitrogens with zero attached hydrogens (tertiary/aromatic N) is 1. The topological polar surface area (TPSA) is 38.5 Å². The molecular formula is C17H21FN2O. The third-order valence-electron chi connectivity index (χ3n) is 3.35. The standard InChI is InChI=1S/C17H21FN2O/c1-20(16-9-4-3-8-15(16)18)11-6-12-21-17-10-5-2-7-14(17)13-19/h2-5,7-10H,6,11-13,19H2,1H3. The van der Waals surface area contributed by atoms with Crippen molar-refractivity contribution >= 4 is 5.69 Å². The van der Waals surface area contributed by atoms with Crippen LogP contribution in [-0.4, -0.2) is 20.2 Å². The van der Waals surface area contributed by atoms with E-state index in [2.05, 4.69) is 0 Å². The van der Waals surface area contributed by atoms with Gasteiger partial charge >= 0.3 is 0 Å². The Labute approximate surface area is 125 Å². The van der Waals surface area contributed by atoms with Gasteiger partial charge in [-0.05, 0) is 24.6 Å². The fraction of sp³-hybridized carbons (Fsp3) is 0.294. The van der Waals surface area contributed by atoms with Crippen molar-refractivity contribution in [3.05, 3.63) is 59.9 Å². The maximum Gasteiger partial charge on any atom is 0.146 e. The molecule has 0 saturated carbocycles. The van der Waals surface area contributed by atoms with Crippen LogP contribution in [0.4, 0.5) is 10.1 Å². The zero-order valence-electron chi connectivity index (χ0n) is 12.3. The molecule has 2 N–H and O–H groups in total. The van der Waals surface area contributed by atoms with Gasteiger partial charge in [0.15, 0.2) is 0 Å². The van der Waals surface area contributed by atoms with Crippen LogP contribution in [0, 0.1) is 5.82 Å². The average molecular weight is 288 g/mol. The lowest BCUT2D eigenvalue weighted by Crippen LogP contribution is -2.21. The van der Waals surface area contributed by atoms with Gasteiger partial charge in [0.1, 0.15) is 11.6 Å². The van der Waals surface area contributed by atoms with Crippen LogP contribution in [0.3, 0.4) is 0 Å². The minimum absolute atomic E-state index is 0.200.